The number of fused-ring (bicyclic) bond motifs is 2. The van der Waals surface area contributed by atoms with E-state index in [-0.39, 0.29) is 37.2 Å². The van der Waals surface area contributed by atoms with Crippen LogP contribution in [0.3, 0.4) is 0 Å². The van der Waals surface area contributed by atoms with Crippen LogP contribution in [0, 0.1) is 5.95 Å². The van der Waals surface area contributed by atoms with Crippen LogP contribution < -0.4 is 14.5 Å². The molecule has 0 atom stereocenters. The van der Waals surface area contributed by atoms with Crippen molar-refractivity contribution in [3.8, 4) is 5.75 Å². The highest BCUT2D eigenvalue weighted by molar-refractivity contribution is 5.92. The first-order valence-electron chi connectivity index (χ1n) is 12.4. The average molecular weight is 581 g/mol. The lowest BCUT2D eigenvalue weighted by Gasteiger charge is -2.44. The molecule has 204 valence electrons. The quantitative estimate of drug-likeness (QED) is 0.277. The van der Waals surface area contributed by atoms with E-state index < -0.39 is 5.95 Å². The molecule has 0 aliphatic carbocycles. The smallest absolute Gasteiger partial charge is 0.213 e. The van der Waals surface area contributed by atoms with E-state index in [1.165, 1.54) is 6.07 Å². The second-order valence-corrected chi connectivity index (χ2v) is 9.45. The van der Waals surface area contributed by atoms with Gasteiger partial charge in [-0.05, 0) is 43.2 Å². The zero-order valence-electron chi connectivity index (χ0n) is 21.3. The fourth-order valence-electron chi connectivity index (χ4n) is 5.67. The van der Waals surface area contributed by atoms with Gasteiger partial charge >= 0.3 is 0 Å². The van der Waals surface area contributed by atoms with Gasteiger partial charge in [-0.2, -0.15) is 4.39 Å². The van der Waals surface area contributed by atoms with Crippen LogP contribution in [0.4, 0.5) is 15.8 Å². The van der Waals surface area contributed by atoms with Crippen molar-refractivity contribution < 1.29 is 9.13 Å². The van der Waals surface area contributed by atoms with Crippen molar-refractivity contribution in [1.82, 2.24) is 14.9 Å². The Kier molecular flexibility index (Phi) is 10.2. The summed E-state index contributed by atoms with van der Waals surface area (Å²) in [5.41, 5.74) is 4.00. The summed E-state index contributed by atoms with van der Waals surface area (Å²) in [6.45, 7) is 5.96. The molecule has 2 fully saturated rings. The van der Waals surface area contributed by atoms with Crippen molar-refractivity contribution >= 4 is 70.4 Å². The average Bonchev–Trinajstić information content (AvgIpc) is 2.92. The Morgan fingerprint density at radius 2 is 1.47 bits per heavy atom. The molecule has 6 rings (SSSR count). The van der Waals surface area contributed by atoms with Crippen molar-refractivity contribution in [3.05, 3.63) is 66.7 Å². The van der Waals surface area contributed by atoms with Crippen LogP contribution in [-0.4, -0.2) is 67.3 Å². The SMILES string of the molecule is COc1cc(N2CCN(C3CCN(c4cccc5ccc(F)nc45)CC3)CC2)c2ncccc2c1.Cl.Cl.Cl. The molecular weight excluding hydrogens is 548 g/mol. The largest absolute Gasteiger partial charge is 0.497 e. The van der Waals surface area contributed by atoms with Crippen LogP contribution in [-0.2, 0) is 0 Å². The first kappa shape index (κ1) is 30.0. The van der Waals surface area contributed by atoms with Crippen molar-refractivity contribution in [2.75, 3.05) is 56.2 Å². The number of hydrogen-bond acceptors (Lipinski definition) is 6. The number of ether oxygens (including phenoxy) is 1. The molecule has 2 saturated heterocycles. The zero-order valence-corrected chi connectivity index (χ0v) is 23.7. The fourth-order valence-corrected chi connectivity index (χ4v) is 5.67. The number of anilines is 2. The summed E-state index contributed by atoms with van der Waals surface area (Å²) < 4.78 is 19.4. The Labute approximate surface area is 241 Å². The number of aromatic nitrogens is 2. The van der Waals surface area contributed by atoms with Gasteiger partial charge in [0.25, 0.3) is 0 Å². The topological polar surface area (TPSA) is 44.7 Å². The maximum atomic E-state index is 13.8. The monoisotopic (exact) mass is 579 g/mol. The lowest BCUT2D eigenvalue weighted by molar-refractivity contribution is 0.160. The normalized spacial score (nSPS) is 16.5. The van der Waals surface area contributed by atoms with E-state index in [1.807, 2.05) is 30.5 Å². The number of piperazine rings is 1. The van der Waals surface area contributed by atoms with Gasteiger partial charge in [0.15, 0.2) is 0 Å². The number of halogens is 4. The second kappa shape index (κ2) is 13.0. The number of para-hydroxylation sites is 1. The van der Waals surface area contributed by atoms with Gasteiger partial charge in [0.1, 0.15) is 5.75 Å². The predicted molar refractivity (Wildman–Crippen MR) is 161 cm³/mol. The van der Waals surface area contributed by atoms with Gasteiger partial charge in [-0.1, -0.05) is 18.2 Å². The molecule has 0 N–H and O–H groups in total. The van der Waals surface area contributed by atoms with Gasteiger partial charge in [0.2, 0.25) is 5.95 Å². The van der Waals surface area contributed by atoms with Crippen LogP contribution in [0.5, 0.6) is 5.75 Å². The number of pyridine rings is 2. The van der Waals surface area contributed by atoms with Crippen LogP contribution in [0.1, 0.15) is 12.8 Å². The predicted octanol–water partition coefficient (Wildman–Crippen LogP) is 5.99. The van der Waals surface area contributed by atoms with Crippen molar-refractivity contribution in [2.24, 2.45) is 0 Å². The number of benzene rings is 2. The standard InChI is InChI=1S/C28H30FN5O.3ClH/c1-35-23-18-21-5-3-11-30-27(21)25(19-23)34-16-14-32(15-17-34)22-9-12-33(13-10-22)24-6-2-4-20-7-8-26(29)31-28(20)24;;;/h2-8,11,18-19,22H,9-10,12-17H2,1H3;3*1H. The maximum absolute atomic E-state index is 13.8. The first-order valence-corrected chi connectivity index (χ1v) is 12.4. The highest BCUT2D eigenvalue weighted by Crippen LogP contribution is 2.33. The van der Waals surface area contributed by atoms with E-state index in [0.29, 0.717) is 6.04 Å². The molecule has 38 heavy (non-hydrogen) atoms. The van der Waals surface area contributed by atoms with Crippen molar-refractivity contribution in [2.45, 2.75) is 18.9 Å². The van der Waals surface area contributed by atoms with Crippen LogP contribution in [0.25, 0.3) is 21.8 Å². The van der Waals surface area contributed by atoms with Crippen LogP contribution >= 0.6 is 37.2 Å². The van der Waals surface area contributed by atoms with E-state index in [4.69, 9.17) is 4.74 Å². The van der Waals surface area contributed by atoms with Crippen LogP contribution in [0.15, 0.2) is 60.8 Å². The Hall–Kier alpha value is -2.58. The second-order valence-electron chi connectivity index (χ2n) is 9.45. The Morgan fingerprint density at radius 3 is 2.21 bits per heavy atom. The maximum Gasteiger partial charge on any atom is 0.213 e. The van der Waals surface area contributed by atoms with Gasteiger partial charge in [0, 0.05) is 68.3 Å². The Balaban J connectivity index is 0.00000133. The lowest BCUT2D eigenvalue weighted by atomic mass is 10.0. The highest BCUT2D eigenvalue weighted by Gasteiger charge is 2.29. The minimum atomic E-state index is -0.420. The summed E-state index contributed by atoms with van der Waals surface area (Å²) >= 11 is 0. The summed E-state index contributed by atoms with van der Waals surface area (Å²) in [7, 11) is 1.72. The molecule has 0 spiro atoms. The third-order valence-corrected chi connectivity index (χ3v) is 7.54. The van der Waals surface area contributed by atoms with Gasteiger partial charge in [0.05, 0.1) is 29.5 Å². The molecular formula is C28H33Cl3FN5O. The molecule has 0 amide bonds. The van der Waals surface area contributed by atoms with Gasteiger partial charge in [-0.3, -0.25) is 9.88 Å². The third kappa shape index (κ3) is 5.86. The van der Waals surface area contributed by atoms with Crippen molar-refractivity contribution in [1.29, 1.82) is 0 Å². The van der Waals surface area contributed by atoms with E-state index >= 15 is 0 Å². The highest BCUT2D eigenvalue weighted by atomic mass is 35.5. The summed E-state index contributed by atoms with van der Waals surface area (Å²) in [6, 6.07) is 18.2. The molecule has 0 bridgehead atoms. The molecule has 4 aromatic rings. The summed E-state index contributed by atoms with van der Waals surface area (Å²) in [5, 5.41) is 2.10. The number of piperidine rings is 1. The minimum absolute atomic E-state index is 0. The molecule has 10 heteroatoms. The molecule has 0 unspecified atom stereocenters. The Bertz CT molecular complexity index is 1360. The van der Waals surface area contributed by atoms with Gasteiger partial charge in [-0.25, -0.2) is 4.98 Å². The summed E-state index contributed by atoms with van der Waals surface area (Å²) in [5.74, 6) is 0.454. The van der Waals surface area contributed by atoms with E-state index in [9.17, 15) is 4.39 Å². The lowest BCUT2D eigenvalue weighted by Crippen LogP contribution is -2.53. The molecule has 2 aromatic heterocycles. The molecule has 2 aromatic carbocycles. The summed E-state index contributed by atoms with van der Waals surface area (Å²) in [6.07, 6.45) is 4.08. The first-order chi connectivity index (χ1) is 17.2. The van der Waals surface area contributed by atoms with E-state index in [1.54, 1.807) is 7.11 Å². The molecule has 4 heterocycles. The van der Waals surface area contributed by atoms with E-state index in [2.05, 4.69) is 48.9 Å². The molecule has 2 aliphatic rings. The van der Waals surface area contributed by atoms with Crippen LogP contribution in [0.2, 0.25) is 0 Å². The third-order valence-electron chi connectivity index (χ3n) is 7.54. The zero-order chi connectivity index (χ0) is 23.8. The summed E-state index contributed by atoms with van der Waals surface area (Å²) in [4.78, 5) is 16.3. The minimum Gasteiger partial charge on any atom is -0.497 e. The Morgan fingerprint density at radius 1 is 0.763 bits per heavy atom. The molecule has 2 aliphatic heterocycles. The fraction of sp³-hybridized carbons (Fsp3) is 0.357. The number of methoxy groups -OCH3 is 1. The van der Waals surface area contributed by atoms with E-state index in [0.717, 1.165) is 91.0 Å². The van der Waals surface area contributed by atoms with Crippen molar-refractivity contribution in [3.63, 3.8) is 0 Å². The van der Waals surface area contributed by atoms with Gasteiger partial charge in [-0.15, -0.1) is 37.2 Å². The number of hydrogen-bond donors (Lipinski definition) is 0. The number of rotatable bonds is 4. The molecule has 6 nitrogen and oxygen atoms in total. The molecule has 0 radical (unpaired) electrons. The number of nitrogens with zero attached hydrogens (tertiary/aromatic N) is 5. The molecule has 0 saturated carbocycles. The van der Waals surface area contributed by atoms with Gasteiger partial charge < -0.3 is 14.5 Å².